The number of phenolic OH excluding ortho intramolecular Hbond substituents is 1. The van der Waals surface area contributed by atoms with E-state index in [1.807, 2.05) is 42.8 Å². The Bertz CT molecular complexity index is 1300. The number of carbonyl (C=O) groups excluding carboxylic acids is 1. The Balaban J connectivity index is 0.00000481. The standard InChI is InChI=1S/C27H32N2O6S.ClH/c1-18(2)35-26-16-21(11-12-24(26)27(32)29-36(3,33)34)20-9-7-19(8-10-20)13-14-28-17-25(31)22-5-4-6-23(30)15-22;/h4-12,15-16,18,25,28,30-31H,13-14,17H2,1-3H3,(H,29,32);1H/t25-;/m0./s1. The number of carbonyl (C=O) groups is 1. The van der Waals surface area contributed by atoms with Crippen LogP contribution in [0.15, 0.2) is 66.7 Å². The second kappa shape index (κ2) is 13.4. The van der Waals surface area contributed by atoms with Gasteiger partial charge in [0.2, 0.25) is 10.0 Å². The molecule has 1 atom stereocenters. The maximum absolute atomic E-state index is 12.4. The van der Waals surface area contributed by atoms with Crippen molar-refractivity contribution in [1.29, 1.82) is 0 Å². The second-order valence-corrected chi connectivity index (χ2v) is 10.6. The number of aliphatic hydroxyl groups excluding tert-OH is 1. The first kappa shape index (κ1) is 30.1. The number of hydrogen-bond donors (Lipinski definition) is 4. The molecular weight excluding hydrogens is 516 g/mol. The van der Waals surface area contributed by atoms with E-state index in [0.717, 1.165) is 29.4 Å². The molecule has 0 saturated carbocycles. The molecule has 0 radical (unpaired) electrons. The molecule has 8 nitrogen and oxygen atoms in total. The predicted octanol–water partition coefficient (Wildman–Crippen LogP) is 3.82. The summed E-state index contributed by atoms with van der Waals surface area (Å²) in [6, 6.07) is 19.6. The lowest BCUT2D eigenvalue weighted by Gasteiger charge is -2.16. The van der Waals surface area contributed by atoms with E-state index in [-0.39, 0.29) is 29.8 Å². The largest absolute Gasteiger partial charge is 0.508 e. The summed E-state index contributed by atoms with van der Waals surface area (Å²) in [5.74, 6) is -0.305. The second-order valence-electron chi connectivity index (χ2n) is 8.84. The molecule has 0 spiro atoms. The molecule has 3 rings (SSSR count). The van der Waals surface area contributed by atoms with E-state index in [1.54, 1.807) is 42.5 Å². The van der Waals surface area contributed by atoms with Crippen LogP contribution in [0.1, 0.15) is 41.4 Å². The first-order chi connectivity index (χ1) is 17.0. The molecule has 0 aliphatic heterocycles. The normalized spacial score (nSPS) is 12.0. The van der Waals surface area contributed by atoms with E-state index in [1.165, 1.54) is 0 Å². The zero-order valence-corrected chi connectivity index (χ0v) is 22.6. The summed E-state index contributed by atoms with van der Waals surface area (Å²) in [6.07, 6.45) is 0.783. The van der Waals surface area contributed by atoms with Gasteiger partial charge in [0.15, 0.2) is 0 Å². The fraction of sp³-hybridized carbons (Fsp3) is 0.296. The van der Waals surface area contributed by atoms with Crippen LogP contribution in [0.3, 0.4) is 0 Å². The summed E-state index contributed by atoms with van der Waals surface area (Å²) in [7, 11) is -3.70. The Morgan fingerprint density at radius 3 is 2.30 bits per heavy atom. The van der Waals surface area contributed by atoms with Crippen LogP contribution in [0.5, 0.6) is 11.5 Å². The van der Waals surface area contributed by atoms with Crippen molar-refractivity contribution in [3.8, 4) is 22.6 Å². The number of ether oxygens (including phenoxy) is 1. The third-order valence-corrected chi connectivity index (χ3v) is 5.89. The minimum absolute atomic E-state index is 0. The molecule has 0 aliphatic carbocycles. The van der Waals surface area contributed by atoms with Crippen molar-refractivity contribution in [1.82, 2.24) is 10.0 Å². The lowest BCUT2D eigenvalue weighted by molar-refractivity contribution is 0.0976. The van der Waals surface area contributed by atoms with Crippen molar-refractivity contribution < 1.29 is 28.2 Å². The van der Waals surface area contributed by atoms with Crippen LogP contribution in [0.25, 0.3) is 11.1 Å². The SMILES string of the molecule is CC(C)Oc1cc(-c2ccc(CCNC[C@H](O)c3cccc(O)c3)cc2)ccc1C(=O)NS(C)(=O)=O.Cl. The third-order valence-electron chi connectivity index (χ3n) is 5.34. The summed E-state index contributed by atoms with van der Waals surface area (Å²) in [5, 5.41) is 23.0. The van der Waals surface area contributed by atoms with Crippen molar-refractivity contribution in [2.24, 2.45) is 0 Å². The maximum Gasteiger partial charge on any atom is 0.268 e. The number of halogens is 1. The number of rotatable bonds is 11. The fourth-order valence-electron chi connectivity index (χ4n) is 3.65. The number of phenols is 1. The smallest absolute Gasteiger partial charge is 0.268 e. The number of amides is 1. The first-order valence-corrected chi connectivity index (χ1v) is 13.5. The van der Waals surface area contributed by atoms with Crippen LogP contribution in [0.4, 0.5) is 0 Å². The molecule has 0 fully saturated rings. The van der Waals surface area contributed by atoms with Gasteiger partial charge in [-0.05, 0) is 73.3 Å². The van der Waals surface area contributed by atoms with Gasteiger partial charge in [-0.2, -0.15) is 0 Å². The lowest BCUT2D eigenvalue weighted by atomic mass is 10.0. The molecule has 0 unspecified atom stereocenters. The predicted molar refractivity (Wildman–Crippen MR) is 147 cm³/mol. The molecule has 0 saturated heterocycles. The summed E-state index contributed by atoms with van der Waals surface area (Å²) in [5.41, 5.74) is 3.68. The van der Waals surface area contributed by atoms with Crippen molar-refractivity contribution in [2.45, 2.75) is 32.5 Å². The van der Waals surface area contributed by atoms with Crippen LogP contribution >= 0.6 is 12.4 Å². The monoisotopic (exact) mass is 548 g/mol. The van der Waals surface area contributed by atoms with Gasteiger partial charge in [0.1, 0.15) is 11.5 Å². The quantitative estimate of drug-likeness (QED) is 0.268. The summed E-state index contributed by atoms with van der Waals surface area (Å²) >= 11 is 0. The average Bonchev–Trinajstić information content (AvgIpc) is 2.80. The number of aliphatic hydroxyl groups is 1. The first-order valence-electron chi connectivity index (χ1n) is 11.6. The molecule has 3 aromatic rings. The van der Waals surface area contributed by atoms with E-state index >= 15 is 0 Å². The van der Waals surface area contributed by atoms with E-state index in [4.69, 9.17) is 4.74 Å². The highest BCUT2D eigenvalue weighted by atomic mass is 35.5. The van der Waals surface area contributed by atoms with Gasteiger partial charge in [0, 0.05) is 6.54 Å². The molecule has 1 amide bonds. The Morgan fingerprint density at radius 2 is 1.68 bits per heavy atom. The molecular formula is C27H33ClN2O6S. The van der Waals surface area contributed by atoms with Crippen LogP contribution in [-0.2, 0) is 16.4 Å². The lowest BCUT2D eigenvalue weighted by Crippen LogP contribution is -2.30. The highest BCUT2D eigenvalue weighted by Gasteiger charge is 2.18. The highest BCUT2D eigenvalue weighted by Crippen LogP contribution is 2.29. The van der Waals surface area contributed by atoms with Crippen LogP contribution < -0.4 is 14.8 Å². The average molecular weight is 549 g/mol. The molecule has 200 valence electrons. The van der Waals surface area contributed by atoms with Gasteiger partial charge in [-0.1, -0.05) is 42.5 Å². The van der Waals surface area contributed by atoms with E-state index in [9.17, 15) is 23.4 Å². The number of hydrogen-bond acceptors (Lipinski definition) is 7. The zero-order chi connectivity index (χ0) is 26.3. The van der Waals surface area contributed by atoms with Gasteiger partial charge in [-0.25, -0.2) is 13.1 Å². The van der Waals surface area contributed by atoms with Gasteiger partial charge in [0.05, 0.1) is 24.0 Å². The van der Waals surface area contributed by atoms with E-state index in [2.05, 4.69) is 5.32 Å². The Morgan fingerprint density at radius 1 is 1.00 bits per heavy atom. The van der Waals surface area contributed by atoms with Crippen molar-refractivity contribution in [3.05, 3.63) is 83.4 Å². The molecule has 0 bridgehead atoms. The van der Waals surface area contributed by atoms with Gasteiger partial charge in [-0.3, -0.25) is 4.79 Å². The Hall–Kier alpha value is -3.11. The minimum atomic E-state index is -3.70. The molecule has 0 heterocycles. The van der Waals surface area contributed by atoms with Gasteiger partial charge in [0.25, 0.3) is 5.91 Å². The van der Waals surface area contributed by atoms with Crippen LogP contribution in [0.2, 0.25) is 0 Å². The summed E-state index contributed by atoms with van der Waals surface area (Å²) < 4.78 is 30.7. The molecule has 0 aliphatic rings. The van der Waals surface area contributed by atoms with E-state index < -0.39 is 22.0 Å². The number of nitrogens with one attached hydrogen (secondary N) is 2. The van der Waals surface area contributed by atoms with Gasteiger partial charge >= 0.3 is 0 Å². The topological polar surface area (TPSA) is 125 Å². The maximum atomic E-state index is 12.4. The number of benzene rings is 3. The minimum Gasteiger partial charge on any atom is -0.508 e. The summed E-state index contributed by atoms with van der Waals surface area (Å²) in [6.45, 7) is 4.71. The van der Waals surface area contributed by atoms with Crippen molar-refractivity contribution in [2.75, 3.05) is 19.3 Å². The number of sulfonamides is 1. The van der Waals surface area contributed by atoms with Gasteiger partial charge in [-0.15, -0.1) is 12.4 Å². The molecule has 37 heavy (non-hydrogen) atoms. The van der Waals surface area contributed by atoms with Gasteiger partial charge < -0.3 is 20.3 Å². The molecule has 3 aromatic carbocycles. The van der Waals surface area contributed by atoms with Crippen LogP contribution in [-0.4, -0.2) is 50.0 Å². The molecule has 10 heteroatoms. The Labute approximate surface area is 224 Å². The summed E-state index contributed by atoms with van der Waals surface area (Å²) in [4.78, 5) is 12.4. The number of aromatic hydroxyl groups is 1. The molecule has 0 aromatic heterocycles. The zero-order valence-electron chi connectivity index (χ0n) is 21.0. The van der Waals surface area contributed by atoms with Crippen molar-refractivity contribution in [3.63, 3.8) is 0 Å². The van der Waals surface area contributed by atoms with Crippen LogP contribution in [0, 0.1) is 0 Å². The highest BCUT2D eigenvalue weighted by molar-refractivity contribution is 7.89. The molecule has 4 N–H and O–H groups in total. The van der Waals surface area contributed by atoms with Crippen molar-refractivity contribution >= 4 is 28.3 Å². The van der Waals surface area contributed by atoms with E-state index in [0.29, 0.717) is 24.4 Å². The Kier molecular flexibility index (Phi) is 10.9. The fourth-order valence-corrected chi connectivity index (χ4v) is 4.10. The third kappa shape index (κ3) is 9.36.